The summed E-state index contributed by atoms with van der Waals surface area (Å²) >= 11 is 0. The molecule has 2 fully saturated rings. The first-order valence-electron chi connectivity index (χ1n) is 6.31. The average Bonchev–Trinajstić information content (AvgIpc) is 3.16. The van der Waals surface area contributed by atoms with Gasteiger partial charge in [-0.2, -0.15) is 0 Å². The van der Waals surface area contributed by atoms with Gasteiger partial charge in [-0.15, -0.1) is 0 Å². The first-order chi connectivity index (χ1) is 8.45. The molecule has 0 amide bonds. The summed E-state index contributed by atoms with van der Waals surface area (Å²) in [5.41, 5.74) is 5.98. The second kappa shape index (κ2) is 3.73. The van der Waals surface area contributed by atoms with E-state index in [0.717, 1.165) is 12.8 Å². The van der Waals surface area contributed by atoms with Crippen LogP contribution in [0.15, 0.2) is 18.2 Å². The third kappa shape index (κ3) is 1.92. The highest BCUT2D eigenvalue weighted by Gasteiger charge is 2.54. The Labute approximate surface area is 104 Å². The van der Waals surface area contributed by atoms with Crippen molar-refractivity contribution >= 4 is 0 Å². The average molecular weight is 255 g/mol. The quantitative estimate of drug-likeness (QED) is 0.878. The number of benzene rings is 1. The molecular formula is C14H16F3N. The summed E-state index contributed by atoms with van der Waals surface area (Å²) in [4.78, 5) is 0. The van der Waals surface area contributed by atoms with E-state index in [-0.39, 0.29) is 11.4 Å². The van der Waals surface area contributed by atoms with Crippen molar-refractivity contribution in [2.24, 2.45) is 5.73 Å². The third-order valence-corrected chi connectivity index (χ3v) is 4.24. The molecule has 1 aromatic rings. The molecule has 0 spiro atoms. The highest BCUT2D eigenvalue weighted by Crippen LogP contribution is 2.54. The highest BCUT2D eigenvalue weighted by molar-refractivity contribution is 5.41. The van der Waals surface area contributed by atoms with Gasteiger partial charge in [-0.3, -0.25) is 0 Å². The molecule has 1 aromatic carbocycles. The van der Waals surface area contributed by atoms with Crippen LogP contribution in [0.3, 0.4) is 0 Å². The van der Waals surface area contributed by atoms with Crippen LogP contribution in [0.5, 0.6) is 0 Å². The van der Waals surface area contributed by atoms with Crippen molar-refractivity contribution in [2.45, 2.75) is 49.5 Å². The monoisotopic (exact) mass is 255 g/mol. The lowest BCUT2D eigenvalue weighted by molar-refractivity contribution is 0.101. The Bertz CT molecular complexity index is 476. The summed E-state index contributed by atoms with van der Waals surface area (Å²) in [5.74, 6) is -0.372. The number of halogens is 3. The SMILES string of the molecule is NC1(Cc2cc(F)ccc2C2(C(F)F)CC2)CC1. The Hall–Kier alpha value is -1.03. The van der Waals surface area contributed by atoms with E-state index < -0.39 is 11.8 Å². The molecule has 2 saturated carbocycles. The Kier molecular flexibility index (Phi) is 2.49. The van der Waals surface area contributed by atoms with E-state index >= 15 is 0 Å². The molecule has 0 saturated heterocycles. The van der Waals surface area contributed by atoms with Crippen molar-refractivity contribution in [2.75, 3.05) is 0 Å². The van der Waals surface area contributed by atoms with Crippen LogP contribution in [0, 0.1) is 5.82 Å². The molecule has 2 N–H and O–H groups in total. The second-order valence-electron chi connectivity index (χ2n) is 5.80. The van der Waals surface area contributed by atoms with Crippen LogP contribution in [0.25, 0.3) is 0 Å². The fourth-order valence-corrected chi connectivity index (χ4v) is 2.65. The van der Waals surface area contributed by atoms with E-state index in [1.54, 1.807) is 0 Å². The number of rotatable bonds is 4. The Morgan fingerprint density at radius 3 is 2.33 bits per heavy atom. The molecule has 0 atom stereocenters. The van der Waals surface area contributed by atoms with Gasteiger partial charge in [0, 0.05) is 5.54 Å². The van der Waals surface area contributed by atoms with E-state index in [1.165, 1.54) is 18.2 Å². The molecule has 0 aromatic heterocycles. The number of hydrogen-bond donors (Lipinski definition) is 1. The highest BCUT2D eigenvalue weighted by atomic mass is 19.3. The molecule has 0 heterocycles. The normalized spacial score (nSPS) is 23.2. The zero-order valence-electron chi connectivity index (χ0n) is 10.1. The van der Waals surface area contributed by atoms with E-state index in [1.807, 2.05) is 0 Å². The van der Waals surface area contributed by atoms with Crippen molar-refractivity contribution in [3.8, 4) is 0 Å². The molecule has 0 radical (unpaired) electrons. The Morgan fingerprint density at radius 1 is 1.17 bits per heavy atom. The predicted molar refractivity (Wildman–Crippen MR) is 63.2 cm³/mol. The topological polar surface area (TPSA) is 26.0 Å². The van der Waals surface area contributed by atoms with E-state index in [2.05, 4.69) is 0 Å². The zero-order chi connectivity index (χ0) is 13.0. The molecule has 2 aliphatic rings. The second-order valence-corrected chi connectivity index (χ2v) is 5.80. The smallest absolute Gasteiger partial charge is 0.248 e. The van der Waals surface area contributed by atoms with Crippen LogP contribution >= 0.6 is 0 Å². The van der Waals surface area contributed by atoms with Gasteiger partial charge in [0.25, 0.3) is 0 Å². The summed E-state index contributed by atoms with van der Waals surface area (Å²) in [5, 5.41) is 0. The Balaban J connectivity index is 1.98. The molecule has 98 valence electrons. The van der Waals surface area contributed by atoms with Gasteiger partial charge in [0.2, 0.25) is 6.43 Å². The molecule has 0 unspecified atom stereocenters. The van der Waals surface area contributed by atoms with E-state index in [4.69, 9.17) is 5.73 Å². The first kappa shape index (κ1) is 12.0. The summed E-state index contributed by atoms with van der Waals surface area (Å²) in [7, 11) is 0. The van der Waals surface area contributed by atoms with Crippen molar-refractivity contribution in [1.82, 2.24) is 0 Å². The van der Waals surface area contributed by atoms with Crippen LogP contribution in [-0.2, 0) is 11.8 Å². The van der Waals surface area contributed by atoms with Gasteiger partial charge in [-0.25, -0.2) is 13.2 Å². The van der Waals surface area contributed by atoms with Crippen molar-refractivity contribution in [3.05, 3.63) is 35.1 Å². The summed E-state index contributed by atoms with van der Waals surface area (Å²) in [6.07, 6.45) is 0.889. The Morgan fingerprint density at radius 2 is 1.83 bits per heavy atom. The third-order valence-electron chi connectivity index (χ3n) is 4.24. The fraction of sp³-hybridized carbons (Fsp3) is 0.571. The van der Waals surface area contributed by atoms with Gasteiger partial charge in [-0.1, -0.05) is 6.07 Å². The van der Waals surface area contributed by atoms with Crippen LogP contribution in [0.4, 0.5) is 13.2 Å². The minimum atomic E-state index is -2.38. The maximum absolute atomic E-state index is 13.3. The lowest BCUT2D eigenvalue weighted by atomic mass is 9.88. The predicted octanol–water partition coefficient (Wildman–Crippen LogP) is 3.16. The van der Waals surface area contributed by atoms with Gasteiger partial charge < -0.3 is 5.73 Å². The maximum Gasteiger partial charge on any atom is 0.248 e. The molecule has 0 aliphatic heterocycles. The number of hydrogen-bond acceptors (Lipinski definition) is 1. The van der Waals surface area contributed by atoms with Gasteiger partial charge in [0.1, 0.15) is 5.82 Å². The van der Waals surface area contributed by atoms with Gasteiger partial charge in [0.05, 0.1) is 5.41 Å². The minimum absolute atomic E-state index is 0.291. The number of alkyl halides is 2. The van der Waals surface area contributed by atoms with E-state index in [0.29, 0.717) is 30.4 Å². The summed E-state index contributed by atoms with van der Waals surface area (Å²) in [6.45, 7) is 0. The lowest BCUT2D eigenvalue weighted by Crippen LogP contribution is -2.27. The molecule has 4 heteroatoms. The summed E-state index contributed by atoms with van der Waals surface area (Å²) in [6, 6.07) is 4.18. The van der Waals surface area contributed by atoms with Crippen LogP contribution in [-0.4, -0.2) is 12.0 Å². The van der Waals surface area contributed by atoms with Crippen LogP contribution in [0.2, 0.25) is 0 Å². The molecule has 1 nitrogen and oxygen atoms in total. The molecule has 18 heavy (non-hydrogen) atoms. The lowest BCUT2D eigenvalue weighted by Gasteiger charge is -2.20. The van der Waals surface area contributed by atoms with E-state index in [9.17, 15) is 13.2 Å². The van der Waals surface area contributed by atoms with Gasteiger partial charge in [-0.05, 0) is 55.4 Å². The van der Waals surface area contributed by atoms with Crippen LogP contribution in [0.1, 0.15) is 36.8 Å². The molecule has 2 aliphatic carbocycles. The largest absolute Gasteiger partial charge is 0.325 e. The molecular weight excluding hydrogens is 239 g/mol. The number of nitrogens with two attached hydrogens (primary N) is 1. The van der Waals surface area contributed by atoms with Crippen molar-refractivity contribution < 1.29 is 13.2 Å². The van der Waals surface area contributed by atoms with Crippen LogP contribution < -0.4 is 5.73 Å². The standard InChI is InChI=1S/C14H16F3N/c15-10-1-2-11(14(5-6-14)12(16)17)9(7-10)8-13(18)3-4-13/h1-2,7,12H,3-6,8,18H2. The molecule has 3 rings (SSSR count). The van der Waals surface area contributed by atoms with Gasteiger partial charge >= 0.3 is 0 Å². The van der Waals surface area contributed by atoms with Crippen molar-refractivity contribution in [3.63, 3.8) is 0 Å². The summed E-state index contributed by atoms with van der Waals surface area (Å²) < 4.78 is 39.7. The van der Waals surface area contributed by atoms with Crippen molar-refractivity contribution in [1.29, 1.82) is 0 Å². The van der Waals surface area contributed by atoms with Gasteiger partial charge in [0.15, 0.2) is 0 Å². The maximum atomic E-state index is 13.3. The minimum Gasteiger partial charge on any atom is -0.325 e. The zero-order valence-corrected chi connectivity index (χ0v) is 10.1. The fourth-order valence-electron chi connectivity index (χ4n) is 2.65. The first-order valence-corrected chi connectivity index (χ1v) is 6.31. The molecule has 0 bridgehead atoms.